The van der Waals surface area contributed by atoms with Crippen LogP contribution in [0.2, 0.25) is 0 Å². The molecule has 0 amide bonds. The Morgan fingerprint density at radius 2 is 1.60 bits per heavy atom. The van der Waals surface area contributed by atoms with Crippen LogP contribution in [0.5, 0.6) is 11.5 Å². The van der Waals surface area contributed by atoms with Crippen molar-refractivity contribution in [2.75, 3.05) is 45.9 Å². The molecule has 2 aromatic carbocycles. The van der Waals surface area contributed by atoms with Gasteiger partial charge in [-0.25, -0.2) is 16.8 Å². The number of likely N-dealkylation sites (N-methyl/N-ethyl adjacent to an activating group) is 1. The summed E-state index contributed by atoms with van der Waals surface area (Å²) < 4.78 is 62.6. The Hall–Kier alpha value is -1.33. The van der Waals surface area contributed by atoms with Gasteiger partial charge in [0, 0.05) is 11.0 Å². The zero-order chi connectivity index (χ0) is 25.0. The highest BCUT2D eigenvalue weighted by molar-refractivity contribution is 9.10. The number of hydrogen-bond donors (Lipinski definition) is 0. The first kappa shape index (κ1) is 29.9. The number of rotatable bonds is 10. The van der Waals surface area contributed by atoms with Crippen molar-refractivity contribution in [2.24, 2.45) is 0 Å². The van der Waals surface area contributed by atoms with Crippen LogP contribution in [0.3, 0.4) is 0 Å². The molecule has 7 nitrogen and oxygen atoms in total. The van der Waals surface area contributed by atoms with E-state index in [1.807, 2.05) is 25.2 Å². The number of methoxy groups -OCH3 is 2. The Morgan fingerprint density at radius 1 is 0.943 bits per heavy atom. The Kier molecular flexibility index (Phi) is 10.5. The number of hydrogen-bond acceptors (Lipinski definition) is 7. The van der Waals surface area contributed by atoms with Gasteiger partial charge in [0.05, 0.1) is 25.7 Å². The molecule has 0 atom stereocenters. The molecule has 0 bridgehead atoms. The second kappa shape index (κ2) is 12.3. The predicted molar refractivity (Wildman–Crippen MR) is 145 cm³/mol. The molecule has 11 heteroatoms. The van der Waals surface area contributed by atoms with Gasteiger partial charge in [-0.2, -0.15) is 0 Å². The first-order valence-electron chi connectivity index (χ1n) is 11.2. The Balaban J connectivity index is 0.00000432. The van der Waals surface area contributed by atoms with Crippen LogP contribution in [0.15, 0.2) is 46.9 Å². The molecule has 0 N–H and O–H groups in total. The van der Waals surface area contributed by atoms with E-state index in [1.165, 1.54) is 0 Å². The molecule has 2 aromatic rings. The molecule has 0 unspecified atom stereocenters. The van der Waals surface area contributed by atoms with E-state index in [9.17, 15) is 16.8 Å². The fourth-order valence-electron chi connectivity index (χ4n) is 4.55. The number of nitrogens with zero attached hydrogens (tertiary/aromatic N) is 1. The average molecular weight is 611 g/mol. The number of benzene rings is 2. The van der Waals surface area contributed by atoms with Crippen molar-refractivity contribution < 1.29 is 26.3 Å². The minimum Gasteiger partial charge on any atom is -0.493 e. The molecule has 1 aliphatic rings. The highest BCUT2D eigenvalue weighted by atomic mass is 79.9. The fourth-order valence-corrected chi connectivity index (χ4v) is 10.8. The molecule has 1 saturated heterocycles. The molecular weight excluding hydrogens is 578 g/mol. The minimum atomic E-state index is -3.88. The quantitative estimate of drug-likeness (QED) is 0.398. The fraction of sp³-hybridized carbons (Fsp3) is 0.500. The van der Waals surface area contributed by atoms with Crippen LogP contribution < -0.4 is 9.47 Å². The summed E-state index contributed by atoms with van der Waals surface area (Å²) in [6.45, 7) is 1.31. The molecular formula is C24H33BrClNO6S2. The van der Waals surface area contributed by atoms with Crippen molar-refractivity contribution in [3.05, 3.63) is 58.1 Å². The van der Waals surface area contributed by atoms with E-state index in [0.29, 0.717) is 34.5 Å². The van der Waals surface area contributed by atoms with Crippen LogP contribution in [0, 0.1) is 0 Å². The molecule has 35 heavy (non-hydrogen) atoms. The van der Waals surface area contributed by atoms with E-state index in [4.69, 9.17) is 9.47 Å². The third-order valence-electron chi connectivity index (χ3n) is 6.37. The van der Waals surface area contributed by atoms with Crippen molar-refractivity contribution in [2.45, 2.75) is 29.8 Å². The number of sulfone groups is 2. The van der Waals surface area contributed by atoms with E-state index in [2.05, 4.69) is 20.8 Å². The van der Waals surface area contributed by atoms with Gasteiger partial charge in [0.2, 0.25) is 0 Å². The molecule has 1 heterocycles. The largest absolute Gasteiger partial charge is 0.493 e. The van der Waals surface area contributed by atoms with E-state index < -0.39 is 23.8 Å². The first-order valence-corrected chi connectivity index (χ1v) is 15.3. The van der Waals surface area contributed by atoms with Gasteiger partial charge in [0.1, 0.15) is 0 Å². The van der Waals surface area contributed by atoms with Gasteiger partial charge in [-0.05, 0) is 74.7 Å². The standard InChI is InChI=1S/C24H32BrNO6S2.ClH/c1-26(14-11-19-9-10-22(31-2)23(17-19)32-3)13-5-12-24(20-7-4-8-21(25)18-20)33(27,28)15-6-16-34(24,29)30;/h4,7-10,17-18H,5-6,11-16H2,1-3H3;1H. The van der Waals surface area contributed by atoms with Gasteiger partial charge in [0.15, 0.2) is 35.3 Å². The SMILES string of the molecule is COc1ccc(CCN(C)CCCC2(c3cccc(Br)c3)S(=O)(=O)CCCS2(=O)=O)cc1OC.Cl. The smallest absolute Gasteiger partial charge is 0.198 e. The topological polar surface area (TPSA) is 90.0 Å². The highest BCUT2D eigenvalue weighted by Gasteiger charge is 2.57. The maximum Gasteiger partial charge on any atom is 0.198 e. The van der Waals surface area contributed by atoms with Crippen LogP contribution >= 0.6 is 28.3 Å². The molecule has 0 aliphatic carbocycles. The van der Waals surface area contributed by atoms with Gasteiger partial charge >= 0.3 is 0 Å². The second-order valence-electron chi connectivity index (χ2n) is 8.60. The third kappa shape index (κ3) is 6.33. The van der Waals surface area contributed by atoms with Crippen molar-refractivity contribution >= 4 is 48.0 Å². The lowest BCUT2D eigenvalue weighted by atomic mass is 10.1. The van der Waals surface area contributed by atoms with Gasteiger partial charge in [-0.1, -0.05) is 34.1 Å². The summed E-state index contributed by atoms with van der Waals surface area (Å²) in [6.07, 6.45) is 1.39. The van der Waals surface area contributed by atoms with Gasteiger partial charge in [0.25, 0.3) is 0 Å². The average Bonchev–Trinajstić information content (AvgIpc) is 2.78. The van der Waals surface area contributed by atoms with E-state index >= 15 is 0 Å². The minimum absolute atomic E-state index is 0. The van der Waals surface area contributed by atoms with Crippen molar-refractivity contribution in [1.29, 1.82) is 0 Å². The molecule has 196 valence electrons. The predicted octanol–water partition coefficient (Wildman–Crippen LogP) is 4.23. The summed E-state index contributed by atoms with van der Waals surface area (Å²) in [5.41, 5.74) is 1.42. The maximum atomic E-state index is 13.3. The first-order chi connectivity index (χ1) is 16.1. The molecule has 0 saturated carbocycles. The Labute approximate surface area is 223 Å². The zero-order valence-electron chi connectivity index (χ0n) is 20.2. The highest BCUT2D eigenvalue weighted by Crippen LogP contribution is 2.45. The summed E-state index contributed by atoms with van der Waals surface area (Å²) in [5.74, 6) is 1.11. The van der Waals surface area contributed by atoms with Gasteiger partial charge in [-0.15, -0.1) is 12.4 Å². The van der Waals surface area contributed by atoms with Crippen LogP contribution in [0.4, 0.5) is 0 Å². The van der Waals surface area contributed by atoms with E-state index in [1.54, 1.807) is 38.5 Å². The van der Waals surface area contributed by atoms with Gasteiger partial charge < -0.3 is 14.4 Å². The molecule has 0 spiro atoms. The summed E-state index contributed by atoms with van der Waals surface area (Å²) in [4.78, 5) is 2.09. The molecule has 1 aliphatic heterocycles. The summed E-state index contributed by atoms with van der Waals surface area (Å²) in [5, 5.41) is 0. The Bertz CT molecular complexity index is 1190. The summed E-state index contributed by atoms with van der Waals surface area (Å²) >= 11 is 3.37. The second-order valence-corrected chi connectivity index (χ2v) is 14.4. The summed E-state index contributed by atoms with van der Waals surface area (Å²) in [7, 11) is -2.62. The lowest BCUT2D eigenvalue weighted by Crippen LogP contribution is -2.50. The van der Waals surface area contributed by atoms with Crippen molar-refractivity contribution in [3.63, 3.8) is 0 Å². The number of ether oxygens (including phenoxy) is 2. The van der Waals surface area contributed by atoms with Crippen LogP contribution in [-0.4, -0.2) is 67.6 Å². The van der Waals surface area contributed by atoms with Crippen molar-refractivity contribution in [1.82, 2.24) is 4.90 Å². The Morgan fingerprint density at radius 3 is 2.20 bits per heavy atom. The monoisotopic (exact) mass is 609 g/mol. The normalized spacial score (nSPS) is 18.0. The molecule has 0 radical (unpaired) electrons. The number of halogens is 2. The lowest BCUT2D eigenvalue weighted by Gasteiger charge is -2.37. The van der Waals surface area contributed by atoms with Crippen LogP contribution in [0.1, 0.15) is 30.4 Å². The van der Waals surface area contributed by atoms with Gasteiger partial charge in [-0.3, -0.25) is 0 Å². The zero-order valence-corrected chi connectivity index (χ0v) is 24.2. The van der Waals surface area contributed by atoms with E-state index in [0.717, 1.165) is 18.5 Å². The van der Waals surface area contributed by atoms with Crippen LogP contribution in [0.25, 0.3) is 0 Å². The van der Waals surface area contributed by atoms with Crippen LogP contribution in [-0.2, 0) is 30.2 Å². The maximum absolute atomic E-state index is 13.3. The molecule has 1 fully saturated rings. The summed E-state index contributed by atoms with van der Waals surface area (Å²) in [6, 6.07) is 12.5. The van der Waals surface area contributed by atoms with E-state index in [-0.39, 0.29) is 36.8 Å². The lowest BCUT2D eigenvalue weighted by molar-refractivity contribution is 0.325. The molecule has 0 aromatic heterocycles. The third-order valence-corrected chi connectivity index (χ3v) is 12.9. The molecule has 3 rings (SSSR count). The van der Waals surface area contributed by atoms with Crippen molar-refractivity contribution in [3.8, 4) is 11.5 Å².